The van der Waals surface area contributed by atoms with Crippen LogP contribution in [0.25, 0.3) is 11.1 Å². The molecule has 0 saturated carbocycles. The normalized spacial score (nSPS) is 12.0. The number of carbonyl (C=O) groups is 2. The molecule has 0 aliphatic heterocycles. The van der Waals surface area contributed by atoms with Crippen LogP contribution in [-0.2, 0) is 29.2 Å². The first-order valence-corrected chi connectivity index (χ1v) is 10.8. The Balaban J connectivity index is 1.86. The van der Waals surface area contributed by atoms with E-state index in [-0.39, 0.29) is 30.2 Å². The van der Waals surface area contributed by atoms with Crippen LogP contribution in [0.5, 0.6) is 0 Å². The van der Waals surface area contributed by atoms with Crippen molar-refractivity contribution in [1.82, 2.24) is 5.32 Å². The van der Waals surface area contributed by atoms with Crippen LogP contribution in [0.3, 0.4) is 0 Å². The van der Waals surface area contributed by atoms with Gasteiger partial charge in [-0.2, -0.15) is 0 Å². The van der Waals surface area contributed by atoms with Gasteiger partial charge in [0.15, 0.2) is 6.10 Å². The zero-order chi connectivity index (χ0) is 24.0. The van der Waals surface area contributed by atoms with Crippen molar-refractivity contribution in [2.24, 2.45) is 0 Å². The topological polar surface area (TPSA) is 88.8 Å². The van der Waals surface area contributed by atoms with Crippen LogP contribution in [0, 0.1) is 0 Å². The zero-order valence-corrected chi connectivity index (χ0v) is 19.1. The number of amides is 1. The molecule has 0 fully saturated rings. The summed E-state index contributed by atoms with van der Waals surface area (Å²) >= 11 is 5.90. The molecule has 0 spiro atoms. The van der Waals surface area contributed by atoms with E-state index in [2.05, 4.69) is 5.32 Å². The predicted octanol–water partition coefficient (Wildman–Crippen LogP) is 5.42. The van der Waals surface area contributed by atoms with E-state index in [9.17, 15) is 19.1 Å². The molecule has 0 bridgehead atoms. The van der Waals surface area contributed by atoms with Crippen LogP contribution in [-0.4, -0.2) is 29.2 Å². The molecular formula is C25H25ClFNO5. The summed E-state index contributed by atoms with van der Waals surface area (Å²) in [6, 6.07) is 11.8. The van der Waals surface area contributed by atoms with Gasteiger partial charge in [-0.25, -0.2) is 9.18 Å². The van der Waals surface area contributed by atoms with Gasteiger partial charge in [-0.1, -0.05) is 29.8 Å². The lowest BCUT2D eigenvalue weighted by Crippen LogP contribution is -2.29. The molecule has 3 aromatic rings. The molecule has 33 heavy (non-hydrogen) atoms. The van der Waals surface area contributed by atoms with Crippen molar-refractivity contribution in [3.8, 4) is 11.1 Å². The highest BCUT2D eigenvalue weighted by atomic mass is 35.5. The van der Waals surface area contributed by atoms with Gasteiger partial charge in [-0.3, -0.25) is 4.79 Å². The second kappa shape index (κ2) is 11.1. The maximum atomic E-state index is 13.4. The van der Waals surface area contributed by atoms with Crippen molar-refractivity contribution < 1.29 is 28.2 Å². The third-order valence-corrected chi connectivity index (χ3v) is 5.27. The van der Waals surface area contributed by atoms with Crippen LogP contribution < -0.4 is 5.32 Å². The van der Waals surface area contributed by atoms with Gasteiger partial charge in [0.25, 0.3) is 5.91 Å². The van der Waals surface area contributed by atoms with Gasteiger partial charge in [0, 0.05) is 29.1 Å². The third-order valence-electron chi connectivity index (χ3n) is 5.03. The number of halogens is 2. The fraction of sp³-hybridized carbons (Fsp3) is 0.280. The molecule has 0 radical (unpaired) electrons. The van der Waals surface area contributed by atoms with Gasteiger partial charge in [0.2, 0.25) is 0 Å². The summed E-state index contributed by atoms with van der Waals surface area (Å²) in [7, 11) is 0. The largest absolute Gasteiger partial charge is 0.479 e. The summed E-state index contributed by atoms with van der Waals surface area (Å²) < 4.78 is 24.1. The van der Waals surface area contributed by atoms with Crippen LogP contribution >= 0.6 is 11.6 Å². The smallest absolute Gasteiger partial charge is 0.333 e. The minimum atomic E-state index is -1.04. The molecule has 3 rings (SSSR count). The van der Waals surface area contributed by atoms with Gasteiger partial charge < -0.3 is 19.6 Å². The number of alkyl halides is 1. The summed E-state index contributed by atoms with van der Waals surface area (Å²) in [6.07, 6.45) is 2.07. The van der Waals surface area contributed by atoms with E-state index in [0.29, 0.717) is 5.02 Å². The maximum Gasteiger partial charge on any atom is 0.333 e. The number of aliphatic carboxylic acids is 1. The zero-order valence-electron chi connectivity index (χ0n) is 18.3. The Morgan fingerprint density at radius 2 is 1.94 bits per heavy atom. The second-order valence-electron chi connectivity index (χ2n) is 7.84. The minimum absolute atomic E-state index is 0.143. The average molecular weight is 474 g/mol. The van der Waals surface area contributed by atoms with Gasteiger partial charge in [-0.15, -0.1) is 0 Å². The fourth-order valence-corrected chi connectivity index (χ4v) is 3.72. The van der Waals surface area contributed by atoms with Crippen LogP contribution in [0.1, 0.15) is 40.9 Å². The lowest BCUT2D eigenvalue weighted by Gasteiger charge is -2.18. The monoisotopic (exact) mass is 473 g/mol. The van der Waals surface area contributed by atoms with E-state index in [1.807, 2.05) is 18.2 Å². The van der Waals surface area contributed by atoms with Gasteiger partial charge in [0.1, 0.15) is 6.67 Å². The molecule has 1 unspecified atom stereocenters. The van der Waals surface area contributed by atoms with Crippen molar-refractivity contribution in [2.75, 3.05) is 0 Å². The molecule has 2 N–H and O–H groups in total. The lowest BCUT2D eigenvalue weighted by molar-refractivity contribution is -0.153. The SMILES string of the molecule is CC(C)OC(Cc1ccc(-c2ccoc2)c(CNC(=O)c2ccc(Cl)cc2CF)c1)C(=O)O. The highest BCUT2D eigenvalue weighted by Crippen LogP contribution is 2.26. The van der Waals surface area contributed by atoms with Crippen molar-refractivity contribution in [1.29, 1.82) is 0 Å². The number of carboxylic acids is 1. The molecule has 2 aromatic carbocycles. The molecule has 1 atom stereocenters. The van der Waals surface area contributed by atoms with Crippen molar-refractivity contribution in [3.05, 3.63) is 82.3 Å². The van der Waals surface area contributed by atoms with E-state index < -0.39 is 24.7 Å². The van der Waals surface area contributed by atoms with E-state index >= 15 is 0 Å². The summed E-state index contributed by atoms with van der Waals surface area (Å²) in [6.45, 7) is 2.89. The van der Waals surface area contributed by atoms with E-state index in [4.69, 9.17) is 20.8 Å². The number of hydrogen-bond donors (Lipinski definition) is 2. The molecule has 6 nitrogen and oxygen atoms in total. The Hall–Kier alpha value is -3.16. The number of hydrogen-bond acceptors (Lipinski definition) is 4. The first-order valence-electron chi connectivity index (χ1n) is 10.4. The molecular weight excluding hydrogens is 449 g/mol. The highest BCUT2D eigenvalue weighted by molar-refractivity contribution is 6.30. The number of furan rings is 1. The molecule has 1 aromatic heterocycles. The molecule has 0 aliphatic carbocycles. The van der Waals surface area contributed by atoms with Crippen molar-refractivity contribution in [3.63, 3.8) is 0 Å². The number of benzene rings is 2. The van der Waals surface area contributed by atoms with E-state index in [1.165, 1.54) is 18.2 Å². The van der Waals surface area contributed by atoms with E-state index in [0.717, 1.165) is 22.3 Å². The van der Waals surface area contributed by atoms with E-state index in [1.54, 1.807) is 32.4 Å². The first kappa shape index (κ1) is 24.5. The number of nitrogens with one attached hydrogen (secondary N) is 1. The van der Waals surface area contributed by atoms with Crippen LogP contribution in [0.15, 0.2) is 59.4 Å². The average Bonchev–Trinajstić information content (AvgIpc) is 3.31. The molecule has 8 heteroatoms. The Morgan fingerprint density at radius 1 is 1.15 bits per heavy atom. The molecule has 0 aliphatic rings. The summed E-state index contributed by atoms with van der Waals surface area (Å²) in [4.78, 5) is 24.3. The Bertz CT molecular complexity index is 1110. The number of rotatable bonds is 10. The fourth-order valence-electron chi connectivity index (χ4n) is 3.52. The number of carbonyl (C=O) groups excluding carboxylic acids is 1. The first-order chi connectivity index (χ1) is 15.8. The van der Waals surface area contributed by atoms with Gasteiger partial charge >= 0.3 is 5.97 Å². The summed E-state index contributed by atoms with van der Waals surface area (Å²) in [5, 5.41) is 12.7. The molecule has 0 saturated heterocycles. The molecule has 1 amide bonds. The van der Waals surface area contributed by atoms with Crippen molar-refractivity contribution in [2.45, 2.75) is 45.7 Å². The number of ether oxygens (including phenoxy) is 1. The highest BCUT2D eigenvalue weighted by Gasteiger charge is 2.21. The van der Waals surface area contributed by atoms with Crippen LogP contribution in [0.4, 0.5) is 4.39 Å². The molecule has 1 heterocycles. The third kappa shape index (κ3) is 6.43. The Morgan fingerprint density at radius 3 is 2.58 bits per heavy atom. The Kier molecular flexibility index (Phi) is 8.25. The van der Waals surface area contributed by atoms with Gasteiger partial charge in [-0.05, 0) is 60.4 Å². The molecule has 174 valence electrons. The summed E-state index contributed by atoms with van der Waals surface area (Å²) in [5.74, 6) is -1.48. The van der Waals surface area contributed by atoms with Crippen molar-refractivity contribution >= 4 is 23.5 Å². The standard InChI is InChI=1S/C25H25ClFNO5/c1-15(2)33-23(25(30)31)10-16-3-5-21(17-7-8-32-14-17)19(9-16)13-28-24(29)22-6-4-20(26)11-18(22)12-27/h3-9,11,14-15,23H,10,12-13H2,1-2H3,(H,28,29)(H,30,31). The second-order valence-corrected chi connectivity index (χ2v) is 8.27. The summed E-state index contributed by atoms with van der Waals surface area (Å²) in [5.41, 5.74) is 3.56. The van der Waals surface area contributed by atoms with Gasteiger partial charge in [0.05, 0.1) is 18.6 Å². The lowest BCUT2D eigenvalue weighted by atomic mass is 9.96. The minimum Gasteiger partial charge on any atom is -0.479 e. The quantitative estimate of drug-likeness (QED) is 0.410. The Labute approximate surface area is 196 Å². The maximum absolute atomic E-state index is 13.4. The number of carboxylic acid groups (broad SMARTS) is 1. The predicted molar refractivity (Wildman–Crippen MR) is 123 cm³/mol. The van der Waals surface area contributed by atoms with Crippen LogP contribution in [0.2, 0.25) is 5.02 Å².